The highest BCUT2D eigenvalue weighted by atomic mass is 16.7. The van der Waals surface area contributed by atoms with Gasteiger partial charge in [0.25, 0.3) is 5.56 Å². The number of carbonyl (C=O) groups is 1. The first-order valence-electron chi connectivity index (χ1n) is 9.52. The molecule has 0 saturated carbocycles. The van der Waals surface area contributed by atoms with Gasteiger partial charge in [-0.05, 0) is 62.9 Å². The van der Waals surface area contributed by atoms with Gasteiger partial charge in [-0.1, -0.05) is 6.07 Å². The van der Waals surface area contributed by atoms with E-state index in [0.29, 0.717) is 23.7 Å². The molecule has 4 rings (SSSR count). The summed E-state index contributed by atoms with van der Waals surface area (Å²) in [5.41, 5.74) is 3.25. The number of anilines is 1. The molecule has 0 atom stereocenters. The fourth-order valence-corrected chi connectivity index (χ4v) is 4.06. The number of H-pyrrole nitrogens is 1. The Morgan fingerprint density at radius 2 is 2.00 bits per heavy atom. The number of rotatable bonds is 3. The highest BCUT2D eigenvalue weighted by Gasteiger charge is 2.24. The summed E-state index contributed by atoms with van der Waals surface area (Å²) in [7, 11) is 0. The van der Waals surface area contributed by atoms with Crippen LogP contribution in [0, 0.1) is 0 Å². The van der Waals surface area contributed by atoms with E-state index >= 15 is 0 Å². The Hall–Kier alpha value is -3.00. The van der Waals surface area contributed by atoms with E-state index < -0.39 is 23.2 Å². The molecule has 1 aromatic heterocycles. The predicted octanol–water partition coefficient (Wildman–Crippen LogP) is 2.46. The van der Waals surface area contributed by atoms with Crippen LogP contribution in [0.15, 0.2) is 23.0 Å². The lowest BCUT2D eigenvalue weighted by atomic mass is 9.99. The van der Waals surface area contributed by atoms with Gasteiger partial charge in [0.2, 0.25) is 5.75 Å². The summed E-state index contributed by atoms with van der Waals surface area (Å²) >= 11 is 0. The molecule has 0 spiro atoms. The minimum Gasteiger partial charge on any atom is -0.504 e. The molecule has 8 nitrogen and oxygen atoms in total. The molecule has 1 fully saturated rings. The summed E-state index contributed by atoms with van der Waals surface area (Å²) in [6, 6.07) is 6.46. The molecular formula is C20H23N3O5. The number of ether oxygens (including phenoxy) is 1. The van der Waals surface area contributed by atoms with Crippen LogP contribution in [0.2, 0.25) is 0 Å². The Labute approximate surface area is 161 Å². The third-order valence-electron chi connectivity index (χ3n) is 5.39. The summed E-state index contributed by atoms with van der Waals surface area (Å²) in [6.45, 7) is 2.02. The minimum absolute atomic E-state index is 0.397. The number of fused-ring (bicyclic) bond motifs is 3. The van der Waals surface area contributed by atoms with Crippen molar-refractivity contribution >= 4 is 11.8 Å². The fraction of sp³-hybridized carbons (Fsp3) is 0.400. The van der Waals surface area contributed by atoms with Crippen LogP contribution in [-0.4, -0.2) is 40.5 Å². The maximum Gasteiger partial charge on any atom is 0.511 e. The summed E-state index contributed by atoms with van der Waals surface area (Å²) in [5, 5.41) is 26.2. The van der Waals surface area contributed by atoms with Gasteiger partial charge in [-0.15, -0.1) is 0 Å². The van der Waals surface area contributed by atoms with Crippen molar-refractivity contribution in [2.75, 3.05) is 18.4 Å². The number of piperidine rings is 1. The first-order valence-corrected chi connectivity index (χ1v) is 9.52. The van der Waals surface area contributed by atoms with Gasteiger partial charge in [-0.25, -0.2) is 4.79 Å². The lowest BCUT2D eigenvalue weighted by molar-refractivity contribution is 0.142. The second-order valence-corrected chi connectivity index (χ2v) is 7.25. The van der Waals surface area contributed by atoms with E-state index in [1.165, 1.54) is 0 Å². The van der Waals surface area contributed by atoms with Crippen LogP contribution in [0.25, 0.3) is 11.3 Å². The summed E-state index contributed by atoms with van der Waals surface area (Å²) < 4.78 is 4.48. The van der Waals surface area contributed by atoms with Gasteiger partial charge in [0.1, 0.15) is 0 Å². The molecule has 0 radical (unpaired) electrons. The molecule has 0 amide bonds. The van der Waals surface area contributed by atoms with Crippen molar-refractivity contribution in [1.82, 2.24) is 10.3 Å². The largest absolute Gasteiger partial charge is 0.511 e. The molecule has 1 aliphatic heterocycles. The molecule has 2 aromatic rings. The first kappa shape index (κ1) is 18.4. The van der Waals surface area contributed by atoms with Crippen molar-refractivity contribution in [1.29, 1.82) is 0 Å². The molecule has 5 N–H and O–H groups in total. The summed E-state index contributed by atoms with van der Waals surface area (Å²) in [5.74, 6) is -0.968. The van der Waals surface area contributed by atoms with Gasteiger partial charge in [0.15, 0.2) is 5.75 Å². The molecule has 0 bridgehead atoms. The normalized spacial score (nSPS) is 16.6. The number of carboxylic acid groups (broad SMARTS) is 1. The Bertz CT molecular complexity index is 963. The number of aromatic nitrogens is 1. The number of pyridine rings is 1. The van der Waals surface area contributed by atoms with Crippen LogP contribution in [0.1, 0.15) is 30.4 Å². The van der Waals surface area contributed by atoms with Crippen LogP contribution in [0.4, 0.5) is 10.5 Å². The molecule has 0 unspecified atom stereocenters. The standard InChI is InChI=1S/C20H23N3O5/c24-17-15-3-1-2-11-10-13(22-12-6-8-21-9-7-12)4-5-14(11)16(15)23-19(25)18(17)28-20(26)27/h4-5,10,12,21-22H,1-3,6-9H2,(H,26,27)(H2,23,24,25). The number of aryl methyl sites for hydroxylation is 1. The maximum absolute atomic E-state index is 12.3. The average Bonchev–Trinajstić information content (AvgIpc) is 2.85. The van der Waals surface area contributed by atoms with Gasteiger partial charge >= 0.3 is 6.16 Å². The number of hydrogen-bond donors (Lipinski definition) is 5. The second kappa shape index (κ2) is 7.55. The van der Waals surface area contributed by atoms with Crippen molar-refractivity contribution < 1.29 is 19.7 Å². The van der Waals surface area contributed by atoms with Crippen LogP contribution in [0.5, 0.6) is 11.5 Å². The van der Waals surface area contributed by atoms with Gasteiger partial charge < -0.3 is 30.6 Å². The number of hydrogen-bond acceptors (Lipinski definition) is 6. The molecule has 148 valence electrons. The fourth-order valence-electron chi connectivity index (χ4n) is 4.06. The molecule has 1 saturated heterocycles. The Morgan fingerprint density at radius 3 is 2.75 bits per heavy atom. The smallest absolute Gasteiger partial charge is 0.504 e. The van der Waals surface area contributed by atoms with Gasteiger partial charge in [-0.2, -0.15) is 0 Å². The lowest BCUT2D eigenvalue weighted by Gasteiger charge is -2.25. The van der Waals surface area contributed by atoms with Crippen LogP contribution >= 0.6 is 0 Å². The van der Waals surface area contributed by atoms with Gasteiger partial charge in [0.05, 0.1) is 5.69 Å². The SMILES string of the molecule is O=C(O)Oc1c(O)c2c([nH]c1=O)-c1ccc(NC3CCNCC3)cc1CCC2. The Balaban J connectivity index is 1.70. The molecule has 2 heterocycles. The number of aromatic hydroxyl groups is 1. The molecule has 1 aromatic carbocycles. The summed E-state index contributed by atoms with van der Waals surface area (Å²) in [6.07, 6.45) is 2.59. The van der Waals surface area contributed by atoms with E-state index in [9.17, 15) is 14.7 Å². The minimum atomic E-state index is -1.64. The van der Waals surface area contributed by atoms with Crippen molar-refractivity contribution in [3.05, 3.63) is 39.7 Å². The Kier molecular flexibility index (Phi) is 4.95. The van der Waals surface area contributed by atoms with Crippen LogP contribution in [-0.2, 0) is 12.8 Å². The number of aromatic amines is 1. The van der Waals surface area contributed by atoms with Crippen molar-refractivity contribution in [2.45, 2.75) is 38.1 Å². The van der Waals surface area contributed by atoms with E-state index in [-0.39, 0.29) is 0 Å². The third-order valence-corrected chi connectivity index (χ3v) is 5.39. The third kappa shape index (κ3) is 3.55. The molecule has 28 heavy (non-hydrogen) atoms. The zero-order chi connectivity index (χ0) is 19.7. The average molecular weight is 385 g/mol. The van der Waals surface area contributed by atoms with E-state index in [4.69, 9.17) is 5.11 Å². The van der Waals surface area contributed by atoms with Crippen molar-refractivity contribution in [2.24, 2.45) is 0 Å². The first-order chi connectivity index (χ1) is 13.5. The highest BCUT2D eigenvalue weighted by Crippen LogP contribution is 2.39. The zero-order valence-electron chi connectivity index (χ0n) is 15.4. The molecular weight excluding hydrogens is 362 g/mol. The van der Waals surface area contributed by atoms with Crippen molar-refractivity contribution in [3.63, 3.8) is 0 Å². The van der Waals surface area contributed by atoms with Gasteiger partial charge in [0, 0.05) is 22.9 Å². The maximum atomic E-state index is 12.3. The monoisotopic (exact) mass is 385 g/mol. The van der Waals surface area contributed by atoms with Crippen molar-refractivity contribution in [3.8, 4) is 22.8 Å². The van der Waals surface area contributed by atoms with Crippen LogP contribution < -0.4 is 20.9 Å². The summed E-state index contributed by atoms with van der Waals surface area (Å²) in [4.78, 5) is 25.8. The molecule has 1 aliphatic carbocycles. The number of nitrogens with one attached hydrogen (secondary N) is 3. The van der Waals surface area contributed by atoms with Gasteiger partial charge in [-0.3, -0.25) is 4.79 Å². The number of benzene rings is 1. The van der Waals surface area contributed by atoms with E-state index in [0.717, 1.165) is 55.6 Å². The lowest BCUT2D eigenvalue weighted by Crippen LogP contribution is -2.35. The predicted molar refractivity (Wildman–Crippen MR) is 104 cm³/mol. The quantitative estimate of drug-likeness (QED) is 0.514. The van der Waals surface area contributed by atoms with E-state index in [2.05, 4.69) is 26.4 Å². The highest BCUT2D eigenvalue weighted by molar-refractivity contribution is 5.75. The molecule has 8 heteroatoms. The van der Waals surface area contributed by atoms with E-state index in [1.807, 2.05) is 12.1 Å². The Morgan fingerprint density at radius 1 is 1.21 bits per heavy atom. The molecule has 2 aliphatic rings. The van der Waals surface area contributed by atoms with Crippen LogP contribution in [0.3, 0.4) is 0 Å². The zero-order valence-corrected chi connectivity index (χ0v) is 15.4. The topological polar surface area (TPSA) is 124 Å². The second-order valence-electron chi connectivity index (χ2n) is 7.25. The van der Waals surface area contributed by atoms with E-state index in [1.54, 1.807) is 0 Å².